The summed E-state index contributed by atoms with van der Waals surface area (Å²) in [6.45, 7) is 0.289. The second kappa shape index (κ2) is 8.14. The van der Waals surface area contributed by atoms with Crippen LogP contribution < -0.4 is 4.90 Å². The molecule has 8 heteroatoms. The summed E-state index contributed by atoms with van der Waals surface area (Å²) in [6, 6.07) is 7.56. The Labute approximate surface area is 155 Å². The predicted octanol–water partition coefficient (Wildman–Crippen LogP) is 2.69. The first-order chi connectivity index (χ1) is 11.8. The maximum Gasteiger partial charge on any atom is 0.303 e. The van der Waals surface area contributed by atoms with E-state index in [2.05, 4.69) is 6.07 Å². The minimum Gasteiger partial charge on any atom is -0.481 e. The van der Waals surface area contributed by atoms with Crippen molar-refractivity contribution in [3.05, 3.63) is 34.2 Å². The van der Waals surface area contributed by atoms with Crippen LogP contribution in [-0.4, -0.2) is 46.8 Å². The van der Waals surface area contributed by atoms with Crippen molar-refractivity contribution in [2.45, 2.75) is 12.8 Å². The molecule has 1 aliphatic heterocycles. The molecule has 1 aromatic carbocycles. The first-order valence-corrected chi connectivity index (χ1v) is 8.74. The quantitative estimate of drug-likeness (QED) is 0.604. The van der Waals surface area contributed by atoms with E-state index in [1.807, 2.05) is 31.1 Å². The van der Waals surface area contributed by atoms with Crippen molar-refractivity contribution < 1.29 is 14.7 Å². The highest BCUT2D eigenvalue weighted by atomic mass is 32.2. The molecule has 0 aliphatic carbocycles. The molecule has 1 aromatic rings. The number of hydrogen-bond donors (Lipinski definition) is 1. The summed E-state index contributed by atoms with van der Waals surface area (Å²) in [5, 5.41) is 18.0. The van der Waals surface area contributed by atoms with Gasteiger partial charge in [-0.3, -0.25) is 14.5 Å². The van der Waals surface area contributed by atoms with Gasteiger partial charge in [-0.15, -0.1) is 0 Å². The third kappa shape index (κ3) is 4.59. The molecule has 6 nitrogen and oxygen atoms in total. The van der Waals surface area contributed by atoms with E-state index in [0.29, 0.717) is 21.2 Å². The normalized spacial score (nSPS) is 15.6. The standard InChI is InChI=1S/C17H17N3O3S2/c1-19(2)13-6-5-11(8-12(13)10-18)9-14-16(23)20(17(24)25-14)7-3-4-15(21)22/h5-6,8-9H,3-4,7H2,1-2H3,(H,21,22)/b14-9+. The van der Waals surface area contributed by atoms with Crippen molar-refractivity contribution in [1.29, 1.82) is 5.26 Å². The number of carbonyl (C=O) groups is 2. The number of thiocarbonyl (C=S) groups is 1. The van der Waals surface area contributed by atoms with Gasteiger partial charge in [-0.1, -0.05) is 30.0 Å². The monoisotopic (exact) mass is 375 g/mol. The van der Waals surface area contributed by atoms with E-state index in [1.54, 1.807) is 12.1 Å². The largest absolute Gasteiger partial charge is 0.481 e. The van der Waals surface area contributed by atoms with Crippen molar-refractivity contribution in [3.63, 3.8) is 0 Å². The van der Waals surface area contributed by atoms with Crippen LogP contribution in [0.5, 0.6) is 0 Å². The number of amides is 1. The summed E-state index contributed by atoms with van der Waals surface area (Å²) >= 11 is 6.40. The second-order valence-electron chi connectivity index (χ2n) is 5.61. The Morgan fingerprint density at radius 2 is 2.20 bits per heavy atom. The van der Waals surface area contributed by atoms with Crippen LogP contribution in [0.2, 0.25) is 0 Å². The van der Waals surface area contributed by atoms with Gasteiger partial charge in [-0.05, 0) is 30.2 Å². The Kier molecular flexibility index (Phi) is 6.17. The number of carboxylic acids is 1. The molecule has 1 amide bonds. The molecule has 1 N–H and O–H groups in total. The van der Waals surface area contributed by atoms with E-state index in [1.165, 1.54) is 16.7 Å². The Morgan fingerprint density at radius 1 is 1.48 bits per heavy atom. The lowest BCUT2D eigenvalue weighted by atomic mass is 10.1. The number of nitrogens with zero attached hydrogens (tertiary/aromatic N) is 3. The number of carboxylic acid groups (broad SMARTS) is 1. The maximum absolute atomic E-state index is 12.5. The Hall–Kier alpha value is -2.37. The van der Waals surface area contributed by atoms with Crippen LogP contribution in [0.1, 0.15) is 24.0 Å². The van der Waals surface area contributed by atoms with Crippen LogP contribution in [0.4, 0.5) is 5.69 Å². The van der Waals surface area contributed by atoms with E-state index >= 15 is 0 Å². The van der Waals surface area contributed by atoms with Gasteiger partial charge in [0, 0.05) is 27.1 Å². The Bertz CT molecular complexity index is 797. The van der Waals surface area contributed by atoms with Gasteiger partial charge in [-0.25, -0.2) is 0 Å². The highest BCUT2D eigenvalue weighted by Crippen LogP contribution is 2.33. The Morgan fingerprint density at radius 3 is 2.80 bits per heavy atom. The molecule has 0 spiro atoms. The van der Waals surface area contributed by atoms with E-state index in [-0.39, 0.29) is 18.9 Å². The number of hydrogen-bond acceptors (Lipinski definition) is 6. The number of rotatable bonds is 6. The number of thioether (sulfide) groups is 1. The smallest absolute Gasteiger partial charge is 0.303 e. The summed E-state index contributed by atoms with van der Waals surface area (Å²) in [5.41, 5.74) is 2.07. The molecule has 25 heavy (non-hydrogen) atoms. The van der Waals surface area contributed by atoms with Gasteiger partial charge in [0.15, 0.2) is 0 Å². The summed E-state index contributed by atoms with van der Waals surface area (Å²) in [6.07, 6.45) is 2.05. The van der Waals surface area contributed by atoms with Gasteiger partial charge in [0.2, 0.25) is 0 Å². The summed E-state index contributed by atoms with van der Waals surface area (Å²) in [5.74, 6) is -1.12. The van der Waals surface area contributed by atoms with Gasteiger partial charge in [0.25, 0.3) is 5.91 Å². The molecule has 0 radical (unpaired) electrons. The van der Waals surface area contributed by atoms with Crippen LogP contribution in [-0.2, 0) is 9.59 Å². The SMILES string of the molecule is CN(C)c1ccc(/C=C2/SC(=S)N(CCCC(=O)O)C2=O)cc1C#N. The zero-order valence-corrected chi connectivity index (χ0v) is 15.5. The van der Waals surface area contributed by atoms with Gasteiger partial charge >= 0.3 is 5.97 Å². The lowest BCUT2D eigenvalue weighted by molar-refractivity contribution is -0.137. The molecule has 0 unspecified atom stereocenters. The fraction of sp³-hybridized carbons (Fsp3) is 0.294. The lowest BCUT2D eigenvalue weighted by Gasteiger charge is -2.14. The molecular weight excluding hydrogens is 358 g/mol. The molecule has 1 heterocycles. The first kappa shape index (κ1) is 19.0. The first-order valence-electron chi connectivity index (χ1n) is 7.52. The molecule has 0 saturated carbocycles. The highest BCUT2D eigenvalue weighted by Gasteiger charge is 2.31. The average molecular weight is 375 g/mol. The highest BCUT2D eigenvalue weighted by molar-refractivity contribution is 8.26. The summed E-state index contributed by atoms with van der Waals surface area (Å²) in [7, 11) is 3.72. The third-order valence-electron chi connectivity index (χ3n) is 3.57. The van der Waals surface area contributed by atoms with Crippen LogP contribution >= 0.6 is 24.0 Å². The second-order valence-corrected chi connectivity index (χ2v) is 7.29. The fourth-order valence-corrected chi connectivity index (χ4v) is 3.66. The molecule has 2 rings (SSSR count). The summed E-state index contributed by atoms with van der Waals surface area (Å²) < 4.78 is 0.423. The molecule has 1 saturated heterocycles. The zero-order chi connectivity index (χ0) is 18.6. The summed E-state index contributed by atoms with van der Waals surface area (Å²) in [4.78, 5) is 26.8. The van der Waals surface area contributed by atoms with Crippen molar-refractivity contribution in [2.24, 2.45) is 0 Å². The van der Waals surface area contributed by atoms with Gasteiger partial charge in [0.05, 0.1) is 16.2 Å². The van der Waals surface area contributed by atoms with E-state index in [9.17, 15) is 14.9 Å². The number of nitriles is 1. The minimum absolute atomic E-state index is 0.00631. The fourth-order valence-electron chi connectivity index (χ4n) is 2.36. The predicted molar refractivity (Wildman–Crippen MR) is 102 cm³/mol. The van der Waals surface area contributed by atoms with Crippen molar-refractivity contribution in [1.82, 2.24) is 4.90 Å². The number of anilines is 1. The molecule has 0 bridgehead atoms. The molecule has 1 fully saturated rings. The van der Waals surface area contributed by atoms with E-state index in [4.69, 9.17) is 17.3 Å². The van der Waals surface area contributed by atoms with Gasteiger partial charge < -0.3 is 10.0 Å². The van der Waals surface area contributed by atoms with Crippen LogP contribution in [0.25, 0.3) is 6.08 Å². The molecule has 0 aromatic heterocycles. The van der Waals surface area contributed by atoms with Crippen LogP contribution in [0.3, 0.4) is 0 Å². The van der Waals surface area contributed by atoms with Gasteiger partial charge in [0.1, 0.15) is 10.4 Å². The number of carbonyl (C=O) groups excluding carboxylic acids is 1. The molecule has 0 atom stereocenters. The maximum atomic E-state index is 12.5. The lowest BCUT2D eigenvalue weighted by Crippen LogP contribution is -2.29. The molecule has 1 aliphatic rings. The van der Waals surface area contributed by atoms with Crippen LogP contribution in [0, 0.1) is 11.3 Å². The number of aliphatic carboxylic acids is 1. The average Bonchev–Trinajstić information content (AvgIpc) is 2.81. The zero-order valence-electron chi connectivity index (χ0n) is 13.9. The van der Waals surface area contributed by atoms with E-state index in [0.717, 1.165) is 11.3 Å². The minimum atomic E-state index is -0.897. The van der Waals surface area contributed by atoms with Crippen molar-refractivity contribution in [2.75, 3.05) is 25.5 Å². The molecule has 130 valence electrons. The van der Waals surface area contributed by atoms with Crippen molar-refractivity contribution in [3.8, 4) is 6.07 Å². The van der Waals surface area contributed by atoms with Gasteiger partial charge in [-0.2, -0.15) is 5.26 Å². The van der Waals surface area contributed by atoms with Crippen LogP contribution in [0.15, 0.2) is 23.1 Å². The molecular formula is C17H17N3O3S2. The van der Waals surface area contributed by atoms with Crippen molar-refractivity contribution >= 4 is 51.9 Å². The number of benzene rings is 1. The topological polar surface area (TPSA) is 84.6 Å². The third-order valence-corrected chi connectivity index (χ3v) is 4.94. The Balaban J connectivity index is 2.19. The van der Waals surface area contributed by atoms with E-state index < -0.39 is 5.97 Å².